The molecule has 20 heavy (non-hydrogen) atoms. The van der Waals surface area contributed by atoms with Gasteiger partial charge in [-0.15, -0.1) is 0 Å². The molecule has 2 nitrogen and oxygen atoms in total. The van der Waals surface area contributed by atoms with E-state index in [1.165, 1.54) is 37.7 Å². The molecule has 1 N–H and O–H groups in total. The molecule has 0 heterocycles. The van der Waals surface area contributed by atoms with Crippen molar-refractivity contribution in [2.24, 2.45) is 17.8 Å². The molecule has 2 bridgehead atoms. The minimum absolute atomic E-state index is 0.495. The van der Waals surface area contributed by atoms with Gasteiger partial charge in [0.25, 0.3) is 0 Å². The van der Waals surface area contributed by atoms with Crippen LogP contribution < -0.4 is 10.1 Å². The summed E-state index contributed by atoms with van der Waals surface area (Å²) in [6.07, 6.45) is 7.25. The van der Waals surface area contributed by atoms with Crippen molar-refractivity contribution in [2.45, 2.75) is 45.1 Å². The fraction of sp³-hybridized carbons (Fsp3) is 0.667. The Kier molecular flexibility index (Phi) is 4.30. The summed E-state index contributed by atoms with van der Waals surface area (Å²) in [6.45, 7) is 2.76. The summed E-state index contributed by atoms with van der Waals surface area (Å²) in [6, 6.07) is 9.14. The first-order chi connectivity index (χ1) is 9.80. The molecule has 0 aromatic heterocycles. The second kappa shape index (κ2) is 6.17. The van der Waals surface area contributed by atoms with Gasteiger partial charge < -0.3 is 10.1 Å². The molecule has 0 saturated heterocycles. The maximum Gasteiger partial charge on any atom is 0.119 e. The Bertz CT molecular complexity index is 428. The van der Waals surface area contributed by atoms with Crippen LogP contribution in [0.1, 0.15) is 50.6 Å². The monoisotopic (exact) mass is 273 g/mol. The van der Waals surface area contributed by atoms with Crippen molar-refractivity contribution in [3.63, 3.8) is 0 Å². The van der Waals surface area contributed by atoms with E-state index in [9.17, 15) is 0 Å². The average molecular weight is 273 g/mol. The molecule has 3 rings (SSSR count). The van der Waals surface area contributed by atoms with E-state index in [1.54, 1.807) is 0 Å². The van der Waals surface area contributed by atoms with Crippen LogP contribution >= 0.6 is 0 Å². The molecule has 2 saturated carbocycles. The van der Waals surface area contributed by atoms with Crippen molar-refractivity contribution >= 4 is 0 Å². The summed E-state index contributed by atoms with van der Waals surface area (Å²) in [4.78, 5) is 0. The van der Waals surface area contributed by atoms with Gasteiger partial charge in [0.15, 0.2) is 0 Å². The third-order valence-electron chi connectivity index (χ3n) is 5.36. The van der Waals surface area contributed by atoms with Crippen LogP contribution in [0.4, 0.5) is 0 Å². The molecule has 0 amide bonds. The van der Waals surface area contributed by atoms with Crippen LogP contribution in [0.5, 0.6) is 5.75 Å². The number of rotatable bonds is 6. The van der Waals surface area contributed by atoms with Gasteiger partial charge in [0, 0.05) is 6.04 Å². The van der Waals surface area contributed by atoms with Crippen molar-refractivity contribution in [1.29, 1.82) is 0 Å². The van der Waals surface area contributed by atoms with Crippen molar-refractivity contribution < 1.29 is 4.74 Å². The van der Waals surface area contributed by atoms with E-state index >= 15 is 0 Å². The lowest BCUT2D eigenvalue weighted by molar-refractivity contribution is 0.284. The molecule has 1 aromatic carbocycles. The molecule has 1 aromatic rings. The topological polar surface area (TPSA) is 21.3 Å². The summed E-state index contributed by atoms with van der Waals surface area (Å²) in [7, 11) is 2.09. The lowest BCUT2D eigenvalue weighted by atomic mass is 9.83. The van der Waals surface area contributed by atoms with Crippen molar-refractivity contribution in [2.75, 3.05) is 13.7 Å². The van der Waals surface area contributed by atoms with Crippen LogP contribution in [0.2, 0.25) is 0 Å². The molecule has 0 radical (unpaired) electrons. The van der Waals surface area contributed by atoms with Crippen LogP contribution in [0.3, 0.4) is 0 Å². The van der Waals surface area contributed by atoms with E-state index in [4.69, 9.17) is 4.74 Å². The van der Waals surface area contributed by atoms with Crippen LogP contribution in [0.25, 0.3) is 0 Å². The third kappa shape index (κ3) is 2.85. The Balaban J connectivity index is 1.63. The SMILES string of the molecule is CCOc1ccc(C(CC2CC3CCC2C3)NC)cc1. The highest BCUT2D eigenvalue weighted by Crippen LogP contribution is 2.50. The third-order valence-corrected chi connectivity index (χ3v) is 5.36. The zero-order valence-electron chi connectivity index (χ0n) is 12.8. The van der Waals surface area contributed by atoms with Gasteiger partial charge in [0.1, 0.15) is 5.75 Å². The normalized spacial score (nSPS) is 29.6. The molecular formula is C18H27NO. The van der Waals surface area contributed by atoms with E-state index < -0.39 is 0 Å². The number of ether oxygens (including phenoxy) is 1. The molecule has 2 aliphatic carbocycles. The highest BCUT2D eigenvalue weighted by molar-refractivity contribution is 5.29. The summed E-state index contributed by atoms with van der Waals surface area (Å²) in [5.74, 6) is 3.98. The zero-order chi connectivity index (χ0) is 13.9. The maximum absolute atomic E-state index is 5.53. The summed E-state index contributed by atoms with van der Waals surface area (Å²) < 4.78 is 5.53. The van der Waals surface area contributed by atoms with E-state index in [1.807, 2.05) is 6.92 Å². The molecular weight excluding hydrogens is 246 g/mol. The van der Waals surface area contributed by atoms with Gasteiger partial charge in [-0.1, -0.05) is 18.6 Å². The average Bonchev–Trinajstić information content (AvgIpc) is 3.08. The lowest BCUT2D eigenvalue weighted by Gasteiger charge is -2.27. The predicted octanol–water partition coefficient (Wildman–Crippen LogP) is 4.17. The van der Waals surface area contributed by atoms with Crippen molar-refractivity contribution in [1.82, 2.24) is 5.32 Å². The molecule has 0 spiro atoms. The highest BCUT2D eigenvalue weighted by Gasteiger charge is 2.40. The van der Waals surface area contributed by atoms with Crippen LogP contribution in [0, 0.1) is 17.8 Å². The molecule has 0 aliphatic heterocycles. The van der Waals surface area contributed by atoms with Gasteiger partial charge in [-0.3, -0.25) is 0 Å². The first kappa shape index (κ1) is 13.9. The molecule has 110 valence electrons. The lowest BCUT2D eigenvalue weighted by Crippen LogP contribution is -2.22. The first-order valence-corrected chi connectivity index (χ1v) is 8.20. The van der Waals surface area contributed by atoms with Crippen LogP contribution in [-0.2, 0) is 0 Å². The molecule has 2 fully saturated rings. The molecule has 4 atom stereocenters. The van der Waals surface area contributed by atoms with E-state index in [0.717, 1.165) is 30.1 Å². The first-order valence-electron chi connectivity index (χ1n) is 8.20. The standard InChI is InChI=1S/C18H27NO/c1-3-20-17-8-6-14(7-9-17)18(19-2)12-16-11-13-4-5-15(16)10-13/h6-9,13,15-16,18-19H,3-5,10-12H2,1-2H3. The van der Waals surface area contributed by atoms with E-state index in [0.29, 0.717) is 6.04 Å². The quantitative estimate of drug-likeness (QED) is 0.840. The van der Waals surface area contributed by atoms with Crippen molar-refractivity contribution in [3.8, 4) is 5.75 Å². The number of fused-ring (bicyclic) bond motifs is 2. The van der Waals surface area contributed by atoms with Gasteiger partial charge in [-0.2, -0.15) is 0 Å². The number of nitrogens with one attached hydrogen (secondary N) is 1. The maximum atomic E-state index is 5.53. The smallest absolute Gasteiger partial charge is 0.119 e. The van der Waals surface area contributed by atoms with Crippen LogP contribution in [0.15, 0.2) is 24.3 Å². The van der Waals surface area contributed by atoms with Crippen LogP contribution in [-0.4, -0.2) is 13.7 Å². The van der Waals surface area contributed by atoms with E-state index in [2.05, 4.69) is 36.6 Å². The van der Waals surface area contributed by atoms with E-state index in [-0.39, 0.29) is 0 Å². The minimum Gasteiger partial charge on any atom is -0.494 e. The summed E-state index contributed by atoms with van der Waals surface area (Å²) in [5, 5.41) is 3.52. The van der Waals surface area contributed by atoms with Crippen molar-refractivity contribution in [3.05, 3.63) is 29.8 Å². The van der Waals surface area contributed by atoms with Gasteiger partial charge >= 0.3 is 0 Å². The number of benzene rings is 1. The largest absolute Gasteiger partial charge is 0.494 e. The molecule has 2 heteroatoms. The van der Waals surface area contributed by atoms with Gasteiger partial charge in [0.05, 0.1) is 6.61 Å². The Labute approximate surface area is 122 Å². The summed E-state index contributed by atoms with van der Waals surface area (Å²) >= 11 is 0. The second-order valence-electron chi connectivity index (χ2n) is 6.51. The Morgan fingerprint density at radius 1 is 1.20 bits per heavy atom. The zero-order valence-corrected chi connectivity index (χ0v) is 12.8. The number of hydrogen-bond acceptors (Lipinski definition) is 2. The highest BCUT2D eigenvalue weighted by atomic mass is 16.5. The molecule has 4 unspecified atom stereocenters. The minimum atomic E-state index is 0.495. The predicted molar refractivity (Wildman–Crippen MR) is 83.0 cm³/mol. The fourth-order valence-electron chi connectivity index (χ4n) is 4.35. The Morgan fingerprint density at radius 2 is 2.00 bits per heavy atom. The Hall–Kier alpha value is -1.02. The Morgan fingerprint density at radius 3 is 2.55 bits per heavy atom. The number of hydrogen-bond donors (Lipinski definition) is 1. The van der Waals surface area contributed by atoms with Gasteiger partial charge in [-0.05, 0) is 75.1 Å². The fourth-order valence-corrected chi connectivity index (χ4v) is 4.35. The second-order valence-corrected chi connectivity index (χ2v) is 6.51. The molecule has 2 aliphatic rings. The summed E-state index contributed by atoms with van der Waals surface area (Å²) in [5.41, 5.74) is 1.40. The van der Waals surface area contributed by atoms with Gasteiger partial charge in [-0.25, -0.2) is 0 Å². The van der Waals surface area contributed by atoms with Gasteiger partial charge in [0.2, 0.25) is 0 Å².